The van der Waals surface area contributed by atoms with Crippen molar-refractivity contribution in [3.63, 3.8) is 0 Å². The minimum absolute atomic E-state index is 0.157. The number of hydrogen-bond donors (Lipinski definition) is 3. The lowest BCUT2D eigenvalue weighted by atomic mass is 9.95. The van der Waals surface area contributed by atoms with Crippen molar-refractivity contribution in [2.45, 2.75) is 31.0 Å². The van der Waals surface area contributed by atoms with Crippen LogP contribution in [0.5, 0.6) is 0 Å². The van der Waals surface area contributed by atoms with E-state index in [1.165, 1.54) is 31.3 Å². The summed E-state index contributed by atoms with van der Waals surface area (Å²) in [7, 11) is 1.50. The number of anilines is 1. The van der Waals surface area contributed by atoms with E-state index in [2.05, 4.69) is 15.0 Å². The number of aliphatic hydroxyl groups is 2. The number of fused-ring (bicyclic) bond motifs is 1. The SMILES string of the molecule is COC[C@H]1O[C@@H](n2cnc3c(N)ncnc32)[C@H](O)[C@]1(C)O. The first-order valence-electron chi connectivity index (χ1n) is 6.44. The number of aliphatic hydroxyl groups excluding tert-OH is 1. The van der Waals surface area contributed by atoms with E-state index in [1.807, 2.05) is 0 Å². The second-order valence-electron chi connectivity index (χ2n) is 5.22. The van der Waals surface area contributed by atoms with Gasteiger partial charge in [0.1, 0.15) is 29.7 Å². The summed E-state index contributed by atoms with van der Waals surface area (Å²) in [5.41, 5.74) is 5.13. The van der Waals surface area contributed by atoms with Gasteiger partial charge in [-0.3, -0.25) is 4.57 Å². The van der Waals surface area contributed by atoms with E-state index in [0.29, 0.717) is 11.2 Å². The predicted octanol–water partition coefficient (Wildman–Crippen LogP) is -0.936. The Kier molecular flexibility index (Phi) is 3.29. The molecule has 0 aromatic carbocycles. The molecule has 0 unspecified atom stereocenters. The number of aromatic nitrogens is 4. The molecule has 0 saturated carbocycles. The molecule has 4 atom stereocenters. The Bertz CT molecular complexity index is 658. The van der Waals surface area contributed by atoms with Crippen LogP contribution in [-0.2, 0) is 9.47 Å². The fourth-order valence-corrected chi connectivity index (χ4v) is 2.49. The van der Waals surface area contributed by atoms with Gasteiger partial charge >= 0.3 is 0 Å². The van der Waals surface area contributed by atoms with Crippen molar-refractivity contribution in [2.24, 2.45) is 0 Å². The van der Waals surface area contributed by atoms with Crippen LogP contribution < -0.4 is 5.73 Å². The van der Waals surface area contributed by atoms with Crippen LogP contribution in [0.2, 0.25) is 0 Å². The van der Waals surface area contributed by atoms with Gasteiger partial charge < -0.3 is 25.4 Å². The number of ether oxygens (including phenoxy) is 2. The van der Waals surface area contributed by atoms with Crippen LogP contribution in [-0.4, -0.2) is 61.3 Å². The zero-order chi connectivity index (χ0) is 15.2. The highest BCUT2D eigenvalue weighted by Crippen LogP contribution is 2.38. The van der Waals surface area contributed by atoms with Gasteiger partial charge in [0.05, 0.1) is 12.9 Å². The number of rotatable bonds is 3. The van der Waals surface area contributed by atoms with Crippen LogP contribution in [0.3, 0.4) is 0 Å². The summed E-state index contributed by atoms with van der Waals surface area (Å²) in [4.78, 5) is 12.1. The highest BCUT2D eigenvalue weighted by molar-refractivity contribution is 5.81. The van der Waals surface area contributed by atoms with E-state index in [-0.39, 0.29) is 12.4 Å². The van der Waals surface area contributed by atoms with Gasteiger partial charge in [-0.05, 0) is 6.92 Å². The Labute approximate surface area is 120 Å². The third kappa shape index (κ3) is 2.05. The van der Waals surface area contributed by atoms with E-state index in [4.69, 9.17) is 15.2 Å². The van der Waals surface area contributed by atoms with E-state index >= 15 is 0 Å². The number of nitrogens with zero attached hydrogens (tertiary/aromatic N) is 4. The first-order valence-corrected chi connectivity index (χ1v) is 6.44. The van der Waals surface area contributed by atoms with Crippen molar-refractivity contribution >= 4 is 17.0 Å². The fourth-order valence-electron chi connectivity index (χ4n) is 2.49. The van der Waals surface area contributed by atoms with Crippen LogP contribution >= 0.6 is 0 Å². The van der Waals surface area contributed by atoms with Crippen LogP contribution in [0.25, 0.3) is 11.2 Å². The quantitative estimate of drug-likeness (QED) is 0.662. The van der Waals surface area contributed by atoms with Crippen molar-refractivity contribution < 1.29 is 19.7 Å². The van der Waals surface area contributed by atoms with Gasteiger partial charge in [0.2, 0.25) is 0 Å². The summed E-state index contributed by atoms with van der Waals surface area (Å²) in [6, 6.07) is 0. The molecule has 1 fully saturated rings. The summed E-state index contributed by atoms with van der Waals surface area (Å²) >= 11 is 0. The maximum absolute atomic E-state index is 10.4. The molecule has 0 spiro atoms. The Morgan fingerprint density at radius 1 is 1.48 bits per heavy atom. The lowest BCUT2D eigenvalue weighted by Crippen LogP contribution is -2.46. The summed E-state index contributed by atoms with van der Waals surface area (Å²) in [5.74, 6) is 0.242. The maximum atomic E-state index is 10.4. The molecule has 1 saturated heterocycles. The molecule has 21 heavy (non-hydrogen) atoms. The molecule has 0 amide bonds. The van der Waals surface area contributed by atoms with Crippen LogP contribution in [0, 0.1) is 0 Å². The molecule has 0 radical (unpaired) electrons. The molecule has 2 aromatic heterocycles. The molecule has 3 rings (SSSR count). The van der Waals surface area contributed by atoms with E-state index < -0.39 is 24.0 Å². The topological polar surface area (TPSA) is 129 Å². The van der Waals surface area contributed by atoms with Gasteiger partial charge in [0, 0.05) is 7.11 Å². The Hall–Kier alpha value is -1.81. The van der Waals surface area contributed by atoms with Crippen LogP contribution in [0.1, 0.15) is 13.2 Å². The average Bonchev–Trinajstić information content (AvgIpc) is 2.95. The first kappa shape index (κ1) is 14.1. The molecule has 3 heterocycles. The molecular formula is C12H17N5O4. The van der Waals surface area contributed by atoms with E-state index in [0.717, 1.165) is 0 Å². The minimum atomic E-state index is -1.45. The lowest BCUT2D eigenvalue weighted by Gasteiger charge is -2.25. The standard InChI is InChI=1S/C12H17N5O4/c1-12(19)6(3-20-2)21-11(8(12)18)17-5-16-7-9(13)14-4-15-10(7)17/h4-6,8,11,18-19H,3H2,1-2H3,(H2,13,14,15)/t6-,8+,11-,12-/m1/s1. The number of nitrogens with two attached hydrogens (primary N) is 1. The summed E-state index contributed by atoms with van der Waals surface area (Å²) in [6.07, 6.45) is 0.0985. The first-order chi connectivity index (χ1) is 9.96. The van der Waals surface area contributed by atoms with Crippen molar-refractivity contribution in [1.82, 2.24) is 19.5 Å². The number of methoxy groups -OCH3 is 1. The molecule has 114 valence electrons. The largest absolute Gasteiger partial charge is 0.385 e. The van der Waals surface area contributed by atoms with Gasteiger partial charge in [-0.25, -0.2) is 15.0 Å². The second-order valence-corrected chi connectivity index (χ2v) is 5.22. The summed E-state index contributed by atoms with van der Waals surface area (Å²) in [5, 5.41) is 20.8. The van der Waals surface area contributed by atoms with Crippen molar-refractivity contribution in [2.75, 3.05) is 19.5 Å². The van der Waals surface area contributed by atoms with Crippen molar-refractivity contribution in [3.05, 3.63) is 12.7 Å². The summed E-state index contributed by atoms with van der Waals surface area (Å²) < 4.78 is 12.3. The molecule has 9 heteroatoms. The van der Waals surface area contributed by atoms with Gasteiger partial charge in [-0.15, -0.1) is 0 Å². The third-order valence-electron chi connectivity index (χ3n) is 3.80. The molecule has 0 bridgehead atoms. The number of imidazole rings is 1. The predicted molar refractivity (Wildman–Crippen MR) is 72.2 cm³/mol. The van der Waals surface area contributed by atoms with Crippen LogP contribution in [0.15, 0.2) is 12.7 Å². The lowest BCUT2D eigenvalue weighted by molar-refractivity contribution is -0.0870. The molecule has 9 nitrogen and oxygen atoms in total. The highest BCUT2D eigenvalue weighted by atomic mass is 16.6. The molecule has 1 aliphatic rings. The Balaban J connectivity index is 2.02. The highest BCUT2D eigenvalue weighted by Gasteiger charge is 2.53. The Morgan fingerprint density at radius 2 is 2.24 bits per heavy atom. The molecule has 0 aliphatic carbocycles. The van der Waals surface area contributed by atoms with Gasteiger partial charge in [-0.1, -0.05) is 0 Å². The molecule has 2 aromatic rings. The van der Waals surface area contributed by atoms with Gasteiger partial charge in [0.15, 0.2) is 17.7 Å². The Morgan fingerprint density at radius 3 is 2.95 bits per heavy atom. The fraction of sp³-hybridized carbons (Fsp3) is 0.583. The second kappa shape index (κ2) is 4.88. The average molecular weight is 295 g/mol. The van der Waals surface area contributed by atoms with Gasteiger partial charge in [-0.2, -0.15) is 0 Å². The monoisotopic (exact) mass is 295 g/mol. The van der Waals surface area contributed by atoms with E-state index in [9.17, 15) is 10.2 Å². The third-order valence-corrected chi connectivity index (χ3v) is 3.80. The smallest absolute Gasteiger partial charge is 0.167 e. The maximum Gasteiger partial charge on any atom is 0.167 e. The van der Waals surface area contributed by atoms with E-state index in [1.54, 1.807) is 0 Å². The molecule has 4 N–H and O–H groups in total. The van der Waals surface area contributed by atoms with Crippen LogP contribution in [0.4, 0.5) is 5.82 Å². The van der Waals surface area contributed by atoms with Crippen molar-refractivity contribution in [1.29, 1.82) is 0 Å². The zero-order valence-corrected chi connectivity index (χ0v) is 11.7. The molecular weight excluding hydrogens is 278 g/mol. The zero-order valence-electron chi connectivity index (χ0n) is 11.7. The van der Waals surface area contributed by atoms with Gasteiger partial charge in [0.25, 0.3) is 0 Å². The number of hydrogen-bond acceptors (Lipinski definition) is 8. The van der Waals surface area contributed by atoms with Crippen molar-refractivity contribution in [3.8, 4) is 0 Å². The normalized spacial score (nSPS) is 32.9. The minimum Gasteiger partial charge on any atom is -0.385 e. The number of nitrogen functional groups attached to an aromatic ring is 1. The summed E-state index contributed by atoms with van der Waals surface area (Å²) in [6.45, 7) is 1.66. The molecule has 1 aliphatic heterocycles.